The van der Waals surface area contributed by atoms with Crippen LogP contribution in [-0.2, 0) is 5.60 Å². The van der Waals surface area contributed by atoms with Crippen LogP contribution in [0.4, 0.5) is 0 Å². The van der Waals surface area contributed by atoms with Crippen molar-refractivity contribution in [1.82, 2.24) is 0 Å². The zero-order valence-electron chi connectivity index (χ0n) is 13.8. The molecule has 3 rings (SSSR count). The Morgan fingerprint density at radius 3 is 1.85 bits per heavy atom. The van der Waals surface area contributed by atoms with Gasteiger partial charge in [-0.05, 0) is 12.1 Å². The summed E-state index contributed by atoms with van der Waals surface area (Å²) in [5, 5.41) is 0.0862. The van der Waals surface area contributed by atoms with Crippen molar-refractivity contribution in [3.63, 3.8) is 0 Å². The Morgan fingerprint density at radius 1 is 0.808 bits per heavy atom. The molecular weight excluding hydrogens is 367 g/mol. The molecule has 1 atom stereocenters. The van der Waals surface area contributed by atoms with Crippen LogP contribution in [-0.4, -0.2) is 5.78 Å². The number of Topliss-reactive ketones (excluding diaryl/α,β-unsaturated/α-hetero) is 1. The fraction of sp³-hybridized carbons (Fsp3) is 0.0455. The largest absolute Gasteiger partial charge is 0.469 e. The minimum Gasteiger partial charge on any atom is -0.469 e. The summed E-state index contributed by atoms with van der Waals surface area (Å²) in [6.07, 6.45) is 0. The highest BCUT2D eigenvalue weighted by Gasteiger charge is 2.46. The maximum Gasteiger partial charge on any atom is 0.232 e. The highest BCUT2D eigenvalue weighted by Crippen LogP contribution is 2.40. The maximum absolute atomic E-state index is 13.6. The van der Waals surface area contributed by atoms with Crippen LogP contribution in [0.2, 0.25) is 0 Å². The van der Waals surface area contributed by atoms with Crippen LogP contribution < -0.4 is 4.74 Å². The Kier molecular flexibility index (Phi) is 5.77. The van der Waals surface area contributed by atoms with E-state index in [1.54, 1.807) is 48.5 Å². The molecule has 3 aromatic carbocycles. The molecule has 0 aromatic heterocycles. The fourth-order valence-electron chi connectivity index (χ4n) is 2.74. The van der Waals surface area contributed by atoms with Crippen LogP contribution in [0.25, 0.3) is 0 Å². The molecule has 0 bridgehead atoms. The van der Waals surface area contributed by atoms with Crippen molar-refractivity contribution >= 4 is 29.0 Å². The Morgan fingerprint density at radius 2 is 1.31 bits per heavy atom. The van der Waals surface area contributed by atoms with Gasteiger partial charge in [0, 0.05) is 16.7 Å². The van der Waals surface area contributed by atoms with Gasteiger partial charge in [0.2, 0.25) is 11.4 Å². The van der Waals surface area contributed by atoms with Gasteiger partial charge in [0.15, 0.2) is 0 Å². The summed E-state index contributed by atoms with van der Waals surface area (Å²) in [5.41, 5.74) is 0.676. The van der Waals surface area contributed by atoms with Crippen LogP contribution >= 0.6 is 23.2 Å². The van der Waals surface area contributed by atoms with E-state index in [9.17, 15) is 4.79 Å². The number of benzene rings is 3. The lowest BCUT2D eigenvalue weighted by atomic mass is 9.85. The van der Waals surface area contributed by atoms with Gasteiger partial charge in [-0.3, -0.25) is 4.79 Å². The topological polar surface area (TPSA) is 26.3 Å². The average molecular weight is 383 g/mol. The monoisotopic (exact) mass is 382 g/mol. The molecule has 0 aliphatic heterocycles. The van der Waals surface area contributed by atoms with E-state index in [1.807, 2.05) is 42.5 Å². The summed E-state index contributed by atoms with van der Waals surface area (Å²) in [7, 11) is 0. The normalized spacial score (nSPS) is 13.7. The van der Waals surface area contributed by atoms with Crippen molar-refractivity contribution in [3.8, 4) is 5.75 Å². The summed E-state index contributed by atoms with van der Waals surface area (Å²) >= 11 is 12.5. The van der Waals surface area contributed by atoms with Gasteiger partial charge in [0.25, 0.3) is 0 Å². The summed E-state index contributed by atoms with van der Waals surface area (Å²) in [6, 6.07) is 27.1. The molecule has 3 aromatic rings. The van der Waals surface area contributed by atoms with Gasteiger partial charge < -0.3 is 4.74 Å². The lowest BCUT2D eigenvalue weighted by molar-refractivity contribution is 0.0596. The van der Waals surface area contributed by atoms with Crippen LogP contribution in [0.5, 0.6) is 5.75 Å². The second kappa shape index (κ2) is 8.22. The summed E-state index contributed by atoms with van der Waals surface area (Å²) < 4.78 is 6.22. The molecule has 130 valence electrons. The molecule has 0 aliphatic rings. The molecule has 0 saturated heterocycles. The molecule has 0 N–H and O–H groups in total. The molecule has 0 aliphatic carbocycles. The van der Waals surface area contributed by atoms with E-state index < -0.39 is 5.60 Å². The standard InChI is InChI=1S/C22H16Cl2O2/c23-16-20(24)22(18-12-6-2-7-13-18,26-19-14-8-3-9-15-19)21(25)17-10-4-1-5-11-17/h1-16H/b20-16-. The van der Waals surface area contributed by atoms with E-state index in [0.29, 0.717) is 16.9 Å². The van der Waals surface area contributed by atoms with E-state index in [2.05, 4.69) is 0 Å². The first-order valence-electron chi connectivity index (χ1n) is 8.04. The molecule has 1 unspecified atom stereocenters. The van der Waals surface area contributed by atoms with E-state index in [1.165, 1.54) is 5.54 Å². The molecule has 0 spiro atoms. The molecule has 0 amide bonds. The van der Waals surface area contributed by atoms with Gasteiger partial charge in [-0.15, -0.1) is 0 Å². The third-order valence-corrected chi connectivity index (χ3v) is 4.69. The van der Waals surface area contributed by atoms with E-state index >= 15 is 0 Å². The summed E-state index contributed by atoms with van der Waals surface area (Å²) in [4.78, 5) is 13.6. The minimum absolute atomic E-state index is 0.0862. The average Bonchev–Trinajstić information content (AvgIpc) is 2.73. The van der Waals surface area contributed by atoms with Gasteiger partial charge in [-0.1, -0.05) is 102 Å². The number of ketones is 1. The minimum atomic E-state index is -1.58. The second-order valence-corrected chi connectivity index (χ2v) is 6.24. The first-order chi connectivity index (χ1) is 12.7. The van der Waals surface area contributed by atoms with Crippen molar-refractivity contribution in [1.29, 1.82) is 0 Å². The number of carbonyl (C=O) groups excluding carboxylic acids is 1. The van der Waals surface area contributed by atoms with Crippen molar-refractivity contribution < 1.29 is 9.53 Å². The number of hydrogen-bond acceptors (Lipinski definition) is 2. The molecule has 26 heavy (non-hydrogen) atoms. The third-order valence-electron chi connectivity index (χ3n) is 3.98. The van der Waals surface area contributed by atoms with Gasteiger partial charge in [-0.2, -0.15) is 0 Å². The molecule has 4 heteroatoms. The number of ether oxygens (including phenoxy) is 1. The zero-order valence-corrected chi connectivity index (χ0v) is 15.3. The van der Waals surface area contributed by atoms with Crippen LogP contribution in [0, 0.1) is 0 Å². The number of para-hydroxylation sites is 1. The SMILES string of the molecule is O=C(c1ccccc1)C(Oc1ccccc1)(/C(Cl)=C/Cl)c1ccccc1. The third kappa shape index (κ3) is 3.52. The Hall–Kier alpha value is -2.55. The first kappa shape index (κ1) is 18.2. The van der Waals surface area contributed by atoms with E-state index in [0.717, 1.165) is 0 Å². The number of halogens is 2. The molecule has 0 radical (unpaired) electrons. The Balaban J connectivity index is 2.23. The number of rotatable bonds is 6. The predicted octanol–water partition coefficient (Wildman–Crippen LogP) is 6.16. The van der Waals surface area contributed by atoms with Crippen molar-refractivity contribution in [2.45, 2.75) is 5.60 Å². The van der Waals surface area contributed by atoms with Crippen molar-refractivity contribution in [2.24, 2.45) is 0 Å². The quantitative estimate of drug-likeness (QED) is 0.477. The van der Waals surface area contributed by atoms with Gasteiger partial charge >= 0.3 is 0 Å². The highest BCUT2D eigenvalue weighted by molar-refractivity contribution is 6.39. The lowest BCUT2D eigenvalue weighted by Crippen LogP contribution is -2.42. The molecule has 0 saturated carbocycles. The van der Waals surface area contributed by atoms with Crippen molar-refractivity contribution in [2.75, 3.05) is 0 Å². The molecule has 2 nitrogen and oxygen atoms in total. The smallest absolute Gasteiger partial charge is 0.232 e. The Labute approximate surface area is 162 Å². The number of carbonyl (C=O) groups is 1. The van der Waals surface area contributed by atoms with Crippen LogP contribution in [0.15, 0.2) is 102 Å². The fourth-order valence-corrected chi connectivity index (χ4v) is 3.13. The van der Waals surface area contributed by atoms with Crippen molar-refractivity contribution in [3.05, 3.63) is 113 Å². The van der Waals surface area contributed by atoms with E-state index in [4.69, 9.17) is 27.9 Å². The lowest BCUT2D eigenvalue weighted by Gasteiger charge is -2.33. The van der Waals surface area contributed by atoms with E-state index in [-0.39, 0.29) is 10.8 Å². The summed E-state index contributed by atoms with van der Waals surface area (Å²) in [5.74, 6) is 0.215. The number of hydrogen-bond donors (Lipinski definition) is 0. The molecular formula is C22H16Cl2O2. The zero-order chi connectivity index (χ0) is 18.4. The first-order valence-corrected chi connectivity index (χ1v) is 8.85. The predicted molar refractivity (Wildman–Crippen MR) is 106 cm³/mol. The van der Waals surface area contributed by atoms with Gasteiger partial charge in [-0.25, -0.2) is 0 Å². The highest BCUT2D eigenvalue weighted by atomic mass is 35.5. The second-order valence-electron chi connectivity index (χ2n) is 5.61. The Bertz CT molecular complexity index is 893. The van der Waals surface area contributed by atoms with Gasteiger partial charge in [0.05, 0.1) is 5.03 Å². The van der Waals surface area contributed by atoms with Crippen LogP contribution in [0.3, 0.4) is 0 Å². The molecule has 0 fully saturated rings. The summed E-state index contributed by atoms with van der Waals surface area (Å²) in [6.45, 7) is 0. The van der Waals surface area contributed by atoms with Crippen LogP contribution in [0.1, 0.15) is 15.9 Å². The maximum atomic E-state index is 13.6. The van der Waals surface area contributed by atoms with Gasteiger partial charge in [0.1, 0.15) is 5.75 Å². The molecule has 0 heterocycles.